The van der Waals surface area contributed by atoms with E-state index in [0.717, 1.165) is 44.3 Å². The number of hydrogen-bond acceptors (Lipinski definition) is 4. The van der Waals surface area contributed by atoms with Gasteiger partial charge >= 0.3 is 0 Å². The molecule has 0 aliphatic carbocycles. The average molecular weight is 402 g/mol. The zero-order chi connectivity index (χ0) is 20.1. The number of nitro groups is 1. The summed E-state index contributed by atoms with van der Waals surface area (Å²) in [5.74, 6) is -0.273. The van der Waals surface area contributed by atoms with E-state index < -0.39 is 4.92 Å². The predicted molar refractivity (Wildman–Crippen MR) is 111 cm³/mol. The predicted octanol–water partition coefficient (Wildman–Crippen LogP) is 4.90. The smallest absolute Gasteiger partial charge is 0.293 e. The molecule has 1 heterocycles. The van der Waals surface area contributed by atoms with Gasteiger partial charge in [0.05, 0.1) is 4.92 Å². The standard InChI is InChI=1S/C21H24ClN3O3/c1-23(15-17-8-4-5-9-18(17)22)21(26)16-10-11-19(20(14-16)25(27)28)24-12-6-2-3-7-13-24/h4-5,8-11,14H,2-3,6-7,12-13,15H2,1H3. The van der Waals surface area contributed by atoms with E-state index in [1.165, 1.54) is 11.0 Å². The number of carbonyl (C=O) groups is 1. The Balaban J connectivity index is 1.83. The third-order valence-corrected chi connectivity index (χ3v) is 5.45. The number of amides is 1. The van der Waals surface area contributed by atoms with Crippen LogP contribution in [-0.2, 0) is 6.54 Å². The topological polar surface area (TPSA) is 66.7 Å². The number of carbonyl (C=O) groups excluding carboxylic acids is 1. The minimum absolute atomic E-state index is 0.0149. The molecule has 28 heavy (non-hydrogen) atoms. The van der Waals surface area contributed by atoms with E-state index in [1.807, 2.05) is 18.2 Å². The molecular weight excluding hydrogens is 378 g/mol. The van der Waals surface area contributed by atoms with Gasteiger partial charge in [-0.1, -0.05) is 42.6 Å². The largest absolute Gasteiger partial charge is 0.366 e. The molecule has 148 valence electrons. The number of nitrogens with zero attached hydrogens (tertiary/aromatic N) is 3. The molecule has 7 heteroatoms. The summed E-state index contributed by atoms with van der Waals surface area (Å²) in [6.07, 6.45) is 4.35. The first-order chi connectivity index (χ1) is 13.5. The van der Waals surface area contributed by atoms with Gasteiger partial charge in [0.1, 0.15) is 5.69 Å². The van der Waals surface area contributed by atoms with E-state index in [-0.39, 0.29) is 11.6 Å². The summed E-state index contributed by atoms with van der Waals surface area (Å²) >= 11 is 6.17. The maximum Gasteiger partial charge on any atom is 0.293 e. The Morgan fingerprint density at radius 3 is 2.46 bits per heavy atom. The monoisotopic (exact) mass is 401 g/mol. The fourth-order valence-electron chi connectivity index (χ4n) is 3.56. The van der Waals surface area contributed by atoms with Crippen LogP contribution in [0, 0.1) is 10.1 Å². The van der Waals surface area contributed by atoms with Crippen molar-refractivity contribution in [3.05, 3.63) is 68.7 Å². The van der Waals surface area contributed by atoms with Crippen molar-refractivity contribution < 1.29 is 9.72 Å². The Bertz CT molecular complexity index is 864. The third-order valence-electron chi connectivity index (χ3n) is 5.08. The van der Waals surface area contributed by atoms with Gasteiger partial charge in [-0.05, 0) is 36.6 Å². The van der Waals surface area contributed by atoms with Gasteiger partial charge < -0.3 is 9.80 Å². The zero-order valence-electron chi connectivity index (χ0n) is 15.9. The number of benzene rings is 2. The average Bonchev–Trinajstić information content (AvgIpc) is 2.98. The van der Waals surface area contributed by atoms with E-state index in [9.17, 15) is 14.9 Å². The molecular formula is C21H24ClN3O3. The molecule has 0 saturated carbocycles. The molecule has 0 bridgehead atoms. The minimum atomic E-state index is -0.398. The fraction of sp³-hybridized carbons (Fsp3) is 0.381. The number of halogens is 1. The van der Waals surface area contributed by atoms with E-state index in [4.69, 9.17) is 11.6 Å². The van der Waals surface area contributed by atoms with Crippen molar-refractivity contribution in [3.63, 3.8) is 0 Å². The lowest BCUT2D eigenvalue weighted by Gasteiger charge is -2.23. The van der Waals surface area contributed by atoms with E-state index >= 15 is 0 Å². The van der Waals surface area contributed by atoms with Crippen LogP contribution in [-0.4, -0.2) is 35.9 Å². The van der Waals surface area contributed by atoms with Gasteiger partial charge in [0.25, 0.3) is 11.6 Å². The molecule has 0 N–H and O–H groups in total. The molecule has 2 aromatic rings. The summed E-state index contributed by atoms with van der Waals surface area (Å²) in [6, 6.07) is 12.1. The van der Waals surface area contributed by atoms with Gasteiger partial charge in [-0.25, -0.2) is 0 Å². The van der Waals surface area contributed by atoms with Gasteiger partial charge in [-0.15, -0.1) is 0 Å². The maximum atomic E-state index is 12.8. The van der Waals surface area contributed by atoms with Crippen LogP contribution in [0.5, 0.6) is 0 Å². The highest BCUT2D eigenvalue weighted by Gasteiger charge is 2.24. The molecule has 0 aromatic heterocycles. The van der Waals surface area contributed by atoms with Gasteiger partial charge in [0.15, 0.2) is 0 Å². The lowest BCUT2D eigenvalue weighted by molar-refractivity contribution is -0.384. The van der Waals surface area contributed by atoms with Crippen molar-refractivity contribution in [3.8, 4) is 0 Å². The Morgan fingerprint density at radius 2 is 1.82 bits per heavy atom. The summed E-state index contributed by atoms with van der Waals surface area (Å²) < 4.78 is 0. The Kier molecular flexibility index (Phi) is 6.52. The quantitative estimate of drug-likeness (QED) is 0.527. The molecule has 1 amide bonds. The van der Waals surface area contributed by atoms with Gasteiger partial charge in [-0.3, -0.25) is 14.9 Å². The molecule has 1 aliphatic rings. The van der Waals surface area contributed by atoms with Crippen LogP contribution in [0.3, 0.4) is 0 Å². The number of hydrogen-bond donors (Lipinski definition) is 0. The summed E-state index contributed by atoms with van der Waals surface area (Å²) in [7, 11) is 1.67. The first-order valence-electron chi connectivity index (χ1n) is 9.49. The second-order valence-corrected chi connectivity index (χ2v) is 7.52. The molecule has 0 spiro atoms. The first kappa shape index (κ1) is 20.1. The molecule has 6 nitrogen and oxygen atoms in total. The molecule has 0 unspecified atom stereocenters. The van der Waals surface area contributed by atoms with Crippen molar-refractivity contribution in [2.75, 3.05) is 25.0 Å². The van der Waals surface area contributed by atoms with Crippen LogP contribution in [0.1, 0.15) is 41.6 Å². The van der Waals surface area contributed by atoms with Gasteiger partial charge in [0, 0.05) is 43.3 Å². The Hall–Kier alpha value is -2.60. The van der Waals surface area contributed by atoms with E-state index in [2.05, 4.69) is 4.90 Å². The molecule has 1 saturated heterocycles. The Morgan fingerprint density at radius 1 is 1.14 bits per heavy atom. The van der Waals surface area contributed by atoms with Crippen LogP contribution >= 0.6 is 11.6 Å². The maximum absolute atomic E-state index is 12.8. The summed E-state index contributed by atoms with van der Waals surface area (Å²) in [5, 5.41) is 12.3. The lowest BCUT2D eigenvalue weighted by atomic mass is 10.1. The fourth-order valence-corrected chi connectivity index (χ4v) is 3.75. The Labute approximate surface area is 169 Å². The van der Waals surface area contributed by atoms with Crippen molar-refractivity contribution in [1.29, 1.82) is 0 Å². The number of anilines is 1. The molecule has 0 radical (unpaired) electrons. The van der Waals surface area contributed by atoms with Crippen molar-refractivity contribution in [1.82, 2.24) is 4.90 Å². The molecule has 1 aliphatic heterocycles. The molecule has 3 rings (SSSR count). The van der Waals surface area contributed by atoms with Gasteiger partial charge in [0.2, 0.25) is 0 Å². The highest BCUT2D eigenvalue weighted by molar-refractivity contribution is 6.31. The third kappa shape index (κ3) is 4.62. The van der Waals surface area contributed by atoms with E-state index in [1.54, 1.807) is 25.2 Å². The van der Waals surface area contributed by atoms with E-state index in [0.29, 0.717) is 22.8 Å². The SMILES string of the molecule is CN(Cc1ccccc1Cl)C(=O)c1ccc(N2CCCCCC2)c([N+](=O)[O-])c1. The van der Waals surface area contributed by atoms with Crippen LogP contribution in [0.4, 0.5) is 11.4 Å². The van der Waals surface area contributed by atoms with Gasteiger partial charge in [-0.2, -0.15) is 0 Å². The van der Waals surface area contributed by atoms with Crippen molar-refractivity contribution >= 4 is 28.9 Å². The molecule has 2 aromatic carbocycles. The molecule has 1 fully saturated rings. The van der Waals surface area contributed by atoms with Crippen LogP contribution in [0.2, 0.25) is 5.02 Å². The number of rotatable bonds is 5. The van der Waals surface area contributed by atoms with Crippen molar-refractivity contribution in [2.45, 2.75) is 32.2 Å². The highest BCUT2D eigenvalue weighted by atomic mass is 35.5. The summed E-state index contributed by atoms with van der Waals surface area (Å²) in [6.45, 7) is 1.95. The summed E-state index contributed by atoms with van der Waals surface area (Å²) in [5.41, 5.74) is 1.71. The molecule has 0 atom stereocenters. The lowest BCUT2D eigenvalue weighted by Crippen LogP contribution is -2.27. The second kappa shape index (κ2) is 9.06. The first-order valence-corrected chi connectivity index (χ1v) is 9.87. The minimum Gasteiger partial charge on any atom is -0.366 e. The second-order valence-electron chi connectivity index (χ2n) is 7.11. The highest BCUT2D eigenvalue weighted by Crippen LogP contribution is 2.31. The van der Waals surface area contributed by atoms with Crippen LogP contribution < -0.4 is 4.90 Å². The van der Waals surface area contributed by atoms with Crippen LogP contribution in [0.15, 0.2) is 42.5 Å². The number of nitro benzene ring substituents is 1. The zero-order valence-corrected chi connectivity index (χ0v) is 16.7. The normalized spacial score (nSPS) is 14.4. The summed E-state index contributed by atoms with van der Waals surface area (Å²) in [4.78, 5) is 27.7. The van der Waals surface area contributed by atoms with Crippen molar-refractivity contribution in [2.24, 2.45) is 0 Å². The van der Waals surface area contributed by atoms with Crippen LogP contribution in [0.25, 0.3) is 0 Å².